The van der Waals surface area contributed by atoms with Crippen molar-refractivity contribution in [2.45, 2.75) is 31.7 Å². The van der Waals surface area contributed by atoms with Crippen LogP contribution >= 0.6 is 0 Å². The zero-order valence-electron chi connectivity index (χ0n) is 11.4. The van der Waals surface area contributed by atoms with Gasteiger partial charge in [0.1, 0.15) is 0 Å². The van der Waals surface area contributed by atoms with E-state index < -0.39 is 17.6 Å². The highest BCUT2D eigenvalue weighted by molar-refractivity contribution is 5.93. The van der Waals surface area contributed by atoms with Gasteiger partial charge in [-0.25, -0.2) is 0 Å². The van der Waals surface area contributed by atoms with Crippen LogP contribution in [0.1, 0.15) is 34.3 Å². The van der Waals surface area contributed by atoms with Gasteiger partial charge in [0.2, 0.25) is 5.91 Å². The summed E-state index contributed by atoms with van der Waals surface area (Å²) in [5, 5.41) is 9.42. The predicted molar refractivity (Wildman–Crippen MR) is 70.5 cm³/mol. The minimum Gasteiger partial charge on any atom is -0.393 e. The molecule has 1 aromatic carbocycles. The van der Waals surface area contributed by atoms with E-state index in [2.05, 4.69) is 0 Å². The van der Waals surface area contributed by atoms with Crippen LogP contribution in [0.4, 0.5) is 13.2 Å². The van der Waals surface area contributed by atoms with Gasteiger partial charge in [-0.3, -0.25) is 9.69 Å². The van der Waals surface area contributed by atoms with Crippen LogP contribution in [0.25, 0.3) is 0 Å². The Hall–Kier alpha value is -1.60. The lowest BCUT2D eigenvalue weighted by atomic mass is 10.0. The molecule has 2 rings (SSSR count). The van der Waals surface area contributed by atoms with Crippen molar-refractivity contribution < 1.29 is 23.1 Å². The van der Waals surface area contributed by atoms with E-state index in [0.29, 0.717) is 25.9 Å². The Morgan fingerprint density at radius 2 is 1.95 bits per heavy atom. The van der Waals surface area contributed by atoms with Crippen molar-refractivity contribution in [1.82, 2.24) is 4.90 Å². The van der Waals surface area contributed by atoms with E-state index in [1.54, 1.807) is 0 Å². The van der Waals surface area contributed by atoms with Gasteiger partial charge in [0.15, 0.2) is 0 Å². The number of amides is 1. The molecular weight excluding hydrogens is 285 g/mol. The molecule has 0 radical (unpaired) electrons. The molecule has 1 saturated heterocycles. The minimum atomic E-state index is -4.53. The maximum atomic E-state index is 13.1. The smallest absolute Gasteiger partial charge is 0.393 e. The van der Waals surface area contributed by atoms with Crippen molar-refractivity contribution in [2.75, 3.05) is 13.1 Å². The summed E-state index contributed by atoms with van der Waals surface area (Å²) in [5.74, 6) is -0.881. The van der Waals surface area contributed by atoms with E-state index in [4.69, 9.17) is 5.73 Å². The van der Waals surface area contributed by atoms with Gasteiger partial charge in [0.05, 0.1) is 11.7 Å². The first-order chi connectivity index (χ1) is 9.77. The number of piperidine rings is 1. The van der Waals surface area contributed by atoms with Crippen LogP contribution in [0.5, 0.6) is 0 Å². The number of carbonyl (C=O) groups is 1. The zero-order chi connectivity index (χ0) is 15.6. The number of primary amides is 1. The number of hydrogen-bond donors (Lipinski definition) is 2. The molecule has 1 aliphatic heterocycles. The Morgan fingerprint density at radius 3 is 2.48 bits per heavy atom. The second-order valence-electron chi connectivity index (χ2n) is 5.24. The van der Waals surface area contributed by atoms with Crippen molar-refractivity contribution in [2.24, 2.45) is 5.73 Å². The summed E-state index contributed by atoms with van der Waals surface area (Å²) in [6.45, 7) is 1.24. The Bertz CT molecular complexity index is 523. The van der Waals surface area contributed by atoms with Crippen molar-refractivity contribution in [1.29, 1.82) is 0 Å². The van der Waals surface area contributed by atoms with Crippen molar-refractivity contribution in [3.05, 3.63) is 34.9 Å². The fraction of sp³-hybridized carbons (Fsp3) is 0.500. The number of alkyl halides is 3. The summed E-state index contributed by atoms with van der Waals surface area (Å²) in [6, 6.07) is 3.41. The standard InChI is InChI=1S/C14H17F3N2O2/c15-14(16,17)12-7-9(13(18)21)1-2-10(12)8-19-5-3-11(20)4-6-19/h1-2,7,11,20H,3-6,8H2,(H2,18,21). The second kappa shape index (κ2) is 6.03. The van der Waals surface area contributed by atoms with Crippen molar-refractivity contribution >= 4 is 5.91 Å². The number of nitrogens with zero attached hydrogens (tertiary/aromatic N) is 1. The SMILES string of the molecule is NC(=O)c1ccc(CN2CCC(O)CC2)c(C(F)(F)F)c1. The van der Waals surface area contributed by atoms with Gasteiger partial charge < -0.3 is 10.8 Å². The summed E-state index contributed by atoms with van der Waals surface area (Å²) in [5.41, 5.74) is 4.16. The fourth-order valence-electron chi connectivity index (χ4n) is 2.45. The van der Waals surface area contributed by atoms with Crippen molar-refractivity contribution in [3.8, 4) is 0 Å². The highest BCUT2D eigenvalue weighted by atomic mass is 19.4. The van der Waals surface area contributed by atoms with Gasteiger partial charge in [0, 0.05) is 25.2 Å². The minimum absolute atomic E-state index is 0.115. The third kappa shape index (κ3) is 3.95. The summed E-state index contributed by atoms with van der Waals surface area (Å²) >= 11 is 0. The van der Waals surface area contributed by atoms with Gasteiger partial charge in [-0.1, -0.05) is 6.07 Å². The van der Waals surface area contributed by atoms with Crippen LogP contribution in [-0.4, -0.2) is 35.1 Å². The molecule has 0 aromatic heterocycles. The van der Waals surface area contributed by atoms with Crippen LogP contribution in [0.3, 0.4) is 0 Å². The Kier molecular flexibility index (Phi) is 4.53. The number of rotatable bonds is 3. The summed E-state index contributed by atoms with van der Waals surface area (Å²) < 4.78 is 39.3. The summed E-state index contributed by atoms with van der Waals surface area (Å²) in [4.78, 5) is 12.9. The van der Waals surface area contributed by atoms with E-state index in [9.17, 15) is 23.1 Å². The first-order valence-corrected chi connectivity index (χ1v) is 6.67. The number of likely N-dealkylation sites (tertiary alicyclic amines) is 1. The molecule has 0 aliphatic carbocycles. The van der Waals surface area contributed by atoms with Crippen LogP contribution in [0.2, 0.25) is 0 Å². The number of nitrogens with two attached hydrogens (primary N) is 1. The van der Waals surface area contributed by atoms with Gasteiger partial charge in [-0.2, -0.15) is 13.2 Å². The lowest BCUT2D eigenvalue weighted by Gasteiger charge is -2.30. The average molecular weight is 302 g/mol. The zero-order valence-corrected chi connectivity index (χ0v) is 11.4. The molecule has 0 bridgehead atoms. The average Bonchev–Trinajstić information content (AvgIpc) is 2.40. The van der Waals surface area contributed by atoms with E-state index in [0.717, 1.165) is 6.07 Å². The van der Waals surface area contributed by atoms with Crippen LogP contribution in [-0.2, 0) is 12.7 Å². The Labute approximate surface area is 120 Å². The predicted octanol–water partition coefficient (Wildman–Crippen LogP) is 1.76. The van der Waals surface area contributed by atoms with E-state index in [1.165, 1.54) is 12.1 Å². The third-order valence-corrected chi connectivity index (χ3v) is 3.65. The quantitative estimate of drug-likeness (QED) is 0.894. The summed E-state index contributed by atoms with van der Waals surface area (Å²) in [7, 11) is 0. The molecule has 1 fully saturated rings. The fourth-order valence-corrected chi connectivity index (χ4v) is 2.45. The number of aliphatic hydroxyl groups excluding tert-OH is 1. The van der Waals surface area contributed by atoms with Gasteiger partial charge in [0.25, 0.3) is 0 Å². The molecule has 3 N–H and O–H groups in total. The molecule has 21 heavy (non-hydrogen) atoms. The Morgan fingerprint density at radius 1 is 1.33 bits per heavy atom. The maximum absolute atomic E-state index is 13.1. The second-order valence-corrected chi connectivity index (χ2v) is 5.24. The number of hydrogen-bond acceptors (Lipinski definition) is 3. The normalized spacial score (nSPS) is 17.9. The van der Waals surface area contributed by atoms with Crippen LogP contribution in [0, 0.1) is 0 Å². The molecule has 1 aromatic rings. The largest absolute Gasteiger partial charge is 0.416 e. The lowest BCUT2D eigenvalue weighted by molar-refractivity contribution is -0.138. The molecular formula is C14H17F3N2O2. The van der Waals surface area contributed by atoms with E-state index in [-0.39, 0.29) is 23.8 Å². The molecule has 0 unspecified atom stereocenters. The molecule has 1 amide bonds. The molecule has 7 heteroatoms. The topological polar surface area (TPSA) is 66.6 Å². The Balaban J connectivity index is 2.24. The molecule has 1 heterocycles. The highest BCUT2D eigenvalue weighted by Gasteiger charge is 2.34. The number of carbonyl (C=O) groups excluding carboxylic acids is 1. The molecule has 0 spiro atoms. The highest BCUT2D eigenvalue weighted by Crippen LogP contribution is 2.33. The lowest BCUT2D eigenvalue weighted by Crippen LogP contribution is -2.35. The van der Waals surface area contributed by atoms with Crippen LogP contribution in [0.15, 0.2) is 18.2 Å². The van der Waals surface area contributed by atoms with Crippen LogP contribution < -0.4 is 5.73 Å². The molecule has 0 saturated carbocycles. The molecule has 4 nitrogen and oxygen atoms in total. The van der Waals surface area contributed by atoms with Gasteiger partial charge in [-0.15, -0.1) is 0 Å². The number of benzene rings is 1. The molecule has 116 valence electrons. The first kappa shape index (κ1) is 15.8. The van der Waals surface area contributed by atoms with E-state index in [1.807, 2.05) is 4.90 Å². The number of aliphatic hydroxyl groups is 1. The first-order valence-electron chi connectivity index (χ1n) is 6.67. The maximum Gasteiger partial charge on any atom is 0.416 e. The van der Waals surface area contributed by atoms with E-state index >= 15 is 0 Å². The molecule has 1 aliphatic rings. The van der Waals surface area contributed by atoms with Crippen molar-refractivity contribution in [3.63, 3.8) is 0 Å². The van der Waals surface area contributed by atoms with Gasteiger partial charge in [-0.05, 0) is 30.5 Å². The molecule has 0 atom stereocenters. The monoisotopic (exact) mass is 302 g/mol. The summed E-state index contributed by atoms with van der Waals surface area (Å²) in [6.07, 6.45) is -3.79. The number of halogens is 3. The van der Waals surface area contributed by atoms with Gasteiger partial charge >= 0.3 is 6.18 Å². The third-order valence-electron chi connectivity index (χ3n) is 3.65.